The summed E-state index contributed by atoms with van der Waals surface area (Å²) in [6.07, 6.45) is 0.894. The summed E-state index contributed by atoms with van der Waals surface area (Å²) in [6, 6.07) is 14.3. The van der Waals surface area contributed by atoms with Crippen molar-refractivity contribution in [3.63, 3.8) is 0 Å². The fraction of sp³-hybridized carbons (Fsp3) is 0.364. The normalized spacial score (nSPS) is 14.0. The predicted molar refractivity (Wildman–Crippen MR) is 134 cm³/mol. The fourth-order valence-electron chi connectivity index (χ4n) is 3.42. The second kappa shape index (κ2) is 14.2. The van der Waals surface area contributed by atoms with Gasteiger partial charge in [-0.2, -0.15) is 0 Å². The van der Waals surface area contributed by atoms with Crippen molar-refractivity contribution in [3.05, 3.63) is 64.7 Å². The molecule has 3 amide bonds. The van der Waals surface area contributed by atoms with E-state index >= 15 is 0 Å². The largest absolute Gasteiger partial charge is 0.366 e. The zero-order valence-corrected chi connectivity index (χ0v) is 20.1. The van der Waals surface area contributed by atoms with Crippen LogP contribution in [0.25, 0.3) is 0 Å². The smallest absolute Gasteiger partial charge is 0.319 e. The SMILES string of the molecule is Cl.Cl.NC(=O)c1ccc(NC(=O)NCCCN2CCN(Cc3ccc(Cl)cc3)CC2)cc1. The number of nitrogens with zero attached hydrogens (tertiary/aromatic N) is 2. The van der Waals surface area contributed by atoms with Crippen LogP contribution in [0.15, 0.2) is 48.5 Å². The van der Waals surface area contributed by atoms with Crippen LogP contribution in [0.5, 0.6) is 0 Å². The van der Waals surface area contributed by atoms with Crippen LogP contribution in [0.1, 0.15) is 22.3 Å². The number of nitrogens with two attached hydrogens (primary N) is 1. The van der Waals surface area contributed by atoms with Crippen molar-refractivity contribution in [1.82, 2.24) is 15.1 Å². The number of primary amides is 1. The van der Waals surface area contributed by atoms with E-state index in [1.165, 1.54) is 5.56 Å². The number of hydrogen-bond donors (Lipinski definition) is 3. The molecule has 0 radical (unpaired) electrons. The van der Waals surface area contributed by atoms with E-state index in [1.54, 1.807) is 24.3 Å². The monoisotopic (exact) mass is 501 g/mol. The molecule has 2 aromatic carbocycles. The van der Waals surface area contributed by atoms with Gasteiger partial charge in [0.1, 0.15) is 0 Å². The first-order chi connectivity index (χ1) is 14.5. The maximum Gasteiger partial charge on any atom is 0.319 e. The summed E-state index contributed by atoms with van der Waals surface area (Å²) in [5.41, 5.74) is 7.52. The fourth-order valence-corrected chi connectivity index (χ4v) is 3.54. The van der Waals surface area contributed by atoms with Crippen molar-refractivity contribution >= 4 is 54.0 Å². The third-order valence-corrected chi connectivity index (χ3v) is 5.40. The molecule has 0 spiro atoms. The van der Waals surface area contributed by atoms with Crippen LogP contribution in [0.3, 0.4) is 0 Å². The molecule has 2 aromatic rings. The molecular formula is C22H30Cl3N5O2. The van der Waals surface area contributed by atoms with Gasteiger partial charge in [0.15, 0.2) is 0 Å². The predicted octanol–water partition coefficient (Wildman–Crippen LogP) is 3.61. The standard InChI is InChI=1S/C22H28ClN5O2.2ClH/c23-19-6-2-17(3-7-19)16-28-14-12-27(13-15-28)11-1-10-25-22(30)26-20-8-4-18(5-9-20)21(24)29;;/h2-9H,1,10-16H2,(H2,24,29)(H2,25,26,30);2*1H. The summed E-state index contributed by atoms with van der Waals surface area (Å²) in [5.74, 6) is -0.489. The van der Waals surface area contributed by atoms with Gasteiger partial charge in [0.25, 0.3) is 0 Å². The summed E-state index contributed by atoms with van der Waals surface area (Å²) in [4.78, 5) is 27.9. The Morgan fingerprint density at radius 3 is 2.09 bits per heavy atom. The number of piperazine rings is 1. The van der Waals surface area contributed by atoms with E-state index in [1.807, 2.05) is 12.1 Å². The van der Waals surface area contributed by atoms with Crippen molar-refractivity contribution in [2.75, 3.05) is 44.6 Å². The lowest BCUT2D eigenvalue weighted by Gasteiger charge is -2.34. The number of halogens is 3. The van der Waals surface area contributed by atoms with Crippen molar-refractivity contribution in [1.29, 1.82) is 0 Å². The summed E-state index contributed by atoms with van der Waals surface area (Å²) in [7, 11) is 0. The number of rotatable bonds is 8. The maximum absolute atomic E-state index is 12.0. The van der Waals surface area contributed by atoms with E-state index in [2.05, 4.69) is 32.6 Å². The molecule has 1 fully saturated rings. The van der Waals surface area contributed by atoms with Gasteiger partial charge in [0.05, 0.1) is 0 Å². The first-order valence-electron chi connectivity index (χ1n) is 10.1. The second-order valence-electron chi connectivity index (χ2n) is 7.42. The Bertz CT molecular complexity index is 842. The van der Waals surface area contributed by atoms with E-state index in [-0.39, 0.29) is 30.8 Å². The lowest BCUT2D eigenvalue weighted by Crippen LogP contribution is -2.46. The molecule has 1 heterocycles. The van der Waals surface area contributed by atoms with E-state index in [9.17, 15) is 9.59 Å². The molecule has 0 unspecified atom stereocenters. The number of carbonyl (C=O) groups is 2. The van der Waals surface area contributed by atoms with Crippen LogP contribution in [0.2, 0.25) is 5.02 Å². The molecule has 1 saturated heterocycles. The topological polar surface area (TPSA) is 90.7 Å². The molecule has 10 heteroatoms. The third-order valence-electron chi connectivity index (χ3n) is 5.15. The van der Waals surface area contributed by atoms with Gasteiger partial charge in [-0.25, -0.2) is 4.79 Å². The summed E-state index contributed by atoms with van der Waals surface area (Å²) in [5, 5.41) is 6.38. The number of nitrogens with one attached hydrogen (secondary N) is 2. The molecule has 0 aromatic heterocycles. The van der Waals surface area contributed by atoms with Crippen LogP contribution in [0.4, 0.5) is 10.5 Å². The Kier molecular flexibility index (Phi) is 12.4. The molecule has 4 N–H and O–H groups in total. The zero-order chi connectivity index (χ0) is 21.3. The van der Waals surface area contributed by atoms with Gasteiger partial charge in [-0.1, -0.05) is 23.7 Å². The molecule has 1 aliphatic rings. The van der Waals surface area contributed by atoms with E-state index < -0.39 is 5.91 Å². The maximum atomic E-state index is 12.0. The molecule has 176 valence electrons. The number of carbonyl (C=O) groups excluding carboxylic acids is 2. The van der Waals surface area contributed by atoms with Crippen LogP contribution in [-0.4, -0.2) is 61.0 Å². The molecule has 0 atom stereocenters. The number of amides is 3. The van der Waals surface area contributed by atoms with Crippen molar-refractivity contribution in [2.45, 2.75) is 13.0 Å². The highest BCUT2D eigenvalue weighted by Gasteiger charge is 2.16. The van der Waals surface area contributed by atoms with E-state index in [0.29, 0.717) is 17.8 Å². The van der Waals surface area contributed by atoms with E-state index in [4.69, 9.17) is 17.3 Å². The van der Waals surface area contributed by atoms with Crippen molar-refractivity contribution in [3.8, 4) is 0 Å². The summed E-state index contributed by atoms with van der Waals surface area (Å²) >= 11 is 5.94. The number of benzene rings is 2. The number of anilines is 1. The molecule has 3 rings (SSSR count). The minimum absolute atomic E-state index is 0. The number of urea groups is 1. The van der Waals surface area contributed by atoms with Crippen molar-refractivity contribution in [2.24, 2.45) is 5.73 Å². The van der Waals surface area contributed by atoms with Crippen LogP contribution in [0, 0.1) is 0 Å². The first-order valence-corrected chi connectivity index (χ1v) is 10.5. The lowest BCUT2D eigenvalue weighted by atomic mass is 10.2. The van der Waals surface area contributed by atoms with Gasteiger partial charge in [-0.15, -0.1) is 24.8 Å². The highest BCUT2D eigenvalue weighted by Crippen LogP contribution is 2.13. The molecule has 0 aliphatic carbocycles. The van der Waals surface area contributed by atoms with Gasteiger partial charge >= 0.3 is 6.03 Å². The van der Waals surface area contributed by atoms with E-state index in [0.717, 1.165) is 50.7 Å². The lowest BCUT2D eigenvalue weighted by molar-refractivity contribution is 0.100. The van der Waals surface area contributed by atoms with Gasteiger partial charge < -0.3 is 21.3 Å². The Morgan fingerprint density at radius 2 is 1.50 bits per heavy atom. The Hall–Kier alpha value is -2.03. The summed E-state index contributed by atoms with van der Waals surface area (Å²) < 4.78 is 0. The molecule has 32 heavy (non-hydrogen) atoms. The van der Waals surface area contributed by atoms with Crippen LogP contribution in [-0.2, 0) is 6.54 Å². The number of hydrogen-bond acceptors (Lipinski definition) is 4. The van der Waals surface area contributed by atoms with Gasteiger partial charge in [-0.05, 0) is 54.9 Å². The van der Waals surface area contributed by atoms with Crippen molar-refractivity contribution < 1.29 is 9.59 Å². The first kappa shape index (κ1) is 28.0. The quantitative estimate of drug-likeness (QED) is 0.481. The summed E-state index contributed by atoms with van der Waals surface area (Å²) in [6.45, 7) is 6.67. The van der Waals surface area contributed by atoms with Gasteiger partial charge in [0, 0.05) is 55.5 Å². The highest BCUT2D eigenvalue weighted by molar-refractivity contribution is 6.30. The Balaban J connectivity index is 0.00000256. The van der Waals surface area contributed by atoms with Crippen LogP contribution < -0.4 is 16.4 Å². The molecule has 1 aliphatic heterocycles. The third kappa shape index (κ3) is 9.22. The van der Waals surface area contributed by atoms with Gasteiger partial charge in [0.2, 0.25) is 5.91 Å². The van der Waals surface area contributed by atoms with Crippen LogP contribution >= 0.6 is 36.4 Å². The Morgan fingerprint density at radius 1 is 0.906 bits per heavy atom. The average Bonchev–Trinajstić information content (AvgIpc) is 2.74. The molecule has 0 bridgehead atoms. The molecule has 0 saturated carbocycles. The zero-order valence-electron chi connectivity index (χ0n) is 17.8. The minimum atomic E-state index is -0.489. The second-order valence-corrected chi connectivity index (χ2v) is 7.86. The highest BCUT2D eigenvalue weighted by atomic mass is 35.5. The Labute approximate surface area is 206 Å². The molecule has 7 nitrogen and oxygen atoms in total. The molecular weight excluding hydrogens is 473 g/mol. The average molecular weight is 503 g/mol. The van der Waals surface area contributed by atoms with Gasteiger partial charge in [-0.3, -0.25) is 9.69 Å². The minimum Gasteiger partial charge on any atom is -0.366 e.